The Morgan fingerprint density at radius 2 is 1.83 bits per heavy atom. The number of carbonyl (C=O) groups is 1. The molecule has 1 fully saturated rings. The number of nitrogens with zero attached hydrogens (tertiary/aromatic N) is 3. The third kappa shape index (κ3) is 4.28. The zero-order chi connectivity index (χ0) is 16.9. The molecule has 1 aliphatic carbocycles. The van der Waals surface area contributed by atoms with Gasteiger partial charge in [-0.1, -0.05) is 6.07 Å². The molecule has 1 aliphatic rings. The van der Waals surface area contributed by atoms with E-state index in [1.165, 1.54) is 0 Å². The minimum atomic E-state index is -0.113. The van der Waals surface area contributed by atoms with Crippen LogP contribution < -0.4 is 10.1 Å². The molecular formula is C18H22N4O2. The van der Waals surface area contributed by atoms with Crippen LogP contribution in [0.3, 0.4) is 0 Å². The highest BCUT2D eigenvalue weighted by Crippen LogP contribution is 2.22. The van der Waals surface area contributed by atoms with Gasteiger partial charge in [-0.05, 0) is 57.7 Å². The predicted molar refractivity (Wildman–Crippen MR) is 89.9 cm³/mol. The summed E-state index contributed by atoms with van der Waals surface area (Å²) in [6.45, 7) is 3.87. The molecule has 6 heteroatoms. The fourth-order valence-electron chi connectivity index (χ4n) is 2.98. The largest absolute Gasteiger partial charge is 0.460 e. The van der Waals surface area contributed by atoms with E-state index in [2.05, 4.69) is 20.3 Å². The van der Waals surface area contributed by atoms with Crippen molar-refractivity contribution in [1.82, 2.24) is 20.3 Å². The van der Waals surface area contributed by atoms with E-state index in [-0.39, 0.29) is 18.1 Å². The van der Waals surface area contributed by atoms with Gasteiger partial charge in [0.25, 0.3) is 5.91 Å². The third-order valence-corrected chi connectivity index (χ3v) is 4.14. The minimum Gasteiger partial charge on any atom is -0.460 e. The van der Waals surface area contributed by atoms with Gasteiger partial charge >= 0.3 is 6.01 Å². The standard InChI is InChI=1S/C18H22N4O2/c1-12-11-13(2)21-18(20-12)24-15-8-6-14(7-9-15)22-17(23)16-5-3-4-10-19-16/h3-5,10-11,14-15H,6-9H2,1-2H3,(H,22,23). The summed E-state index contributed by atoms with van der Waals surface area (Å²) < 4.78 is 5.91. The Bertz CT molecular complexity index is 677. The van der Waals surface area contributed by atoms with Gasteiger partial charge in [0.2, 0.25) is 0 Å². The maximum atomic E-state index is 12.1. The molecule has 1 saturated carbocycles. The molecule has 126 valence electrons. The lowest BCUT2D eigenvalue weighted by Crippen LogP contribution is -2.40. The summed E-state index contributed by atoms with van der Waals surface area (Å²) in [7, 11) is 0. The van der Waals surface area contributed by atoms with Gasteiger partial charge in [-0.25, -0.2) is 9.97 Å². The highest BCUT2D eigenvalue weighted by molar-refractivity contribution is 5.92. The van der Waals surface area contributed by atoms with E-state index in [1.807, 2.05) is 26.0 Å². The van der Waals surface area contributed by atoms with E-state index in [0.717, 1.165) is 37.1 Å². The van der Waals surface area contributed by atoms with Crippen molar-refractivity contribution in [2.45, 2.75) is 51.7 Å². The van der Waals surface area contributed by atoms with Gasteiger partial charge in [-0.15, -0.1) is 0 Å². The van der Waals surface area contributed by atoms with Gasteiger partial charge in [0.1, 0.15) is 11.8 Å². The molecule has 1 amide bonds. The second-order valence-electron chi connectivity index (χ2n) is 6.21. The number of carbonyl (C=O) groups excluding carboxylic acids is 1. The van der Waals surface area contributed by atoms with Gasteiger partial charge in [0, 0.05) is 23.6 Å². The van der Waals surface area contributed by atoms with Crippen molar-refractivity contribution >= 4 is 5.91 Å². The van der Waals surface area contributed by atoms with Crippen LogP contribution >= 0.6 is 0 Å². The normalized spacial score (nSPS) is 20.4. The molecule has 2 aromatic rings. The first-order valence-electron chi connectivity index (χ1n) is 8.31. The molecule has 2 aromatic heterocycles. The zero-order valence-electron chi connectivity index (χ0n) is 14.0. The van der Waals surface area contributed by atoms with Gasteiger partial charge in [-0.3, -0.25) is 9.78 Å². The second kappa shape index (κ2) is 7.38. The molecule has 0 aliphatic heterocycles. The molecule has 0 atom stereocenters. The lowest BCUT2D eigenvalue weighted by atomic mass is 9.93. The van der Waals surface area contributed by atoms with E-state index >= 15 is 0 Å². The predicted octanol–water partition coefficient (Wildman–Crippen LogP) is 2.61. The number of nitrogens with one attached hydrogen (secondary N) is 1. The van der Waals surface area contributed by atoms with Gasteiger partial charge in [0.05, 0.1) is 0 Å². The van der Waals surface area contributed by atoms with Gasteiger partial charge in [-0.2, -0.15) is 0 Å². The number of amides is 1. The van der Waals surface area contributed by atoms with Crippen molar-refractivity contribution in [3.63, 3.8) is 0 Å². The molecule has 0 radical (unpaired) electrons. The number of pyridine rings is 1. The van der Waals surface area contributed by atoms with Crippen LogP contribution in [0.2, 0.25) is 0 Å². The van der Waals surface area contributed by atoms with Crippen LogP contribution in [0.1, 0.15) is 47.6 Å². The Morgan fingerprint density at radius 1 is 1.12 bits per heavy atom. The van der Waals surface area contributed by atoms with E-state index in [1.54, 1.807) is 18.3 Å². The monoisotopic (exact) mass is 326 g/mol. The van der Waals surface area contributed by atoms with Crippen LogP contribution in [-0.4, -0.2) is 33.0 Å². The second-order valence-corrected chi connectivity index (χ2v) is 6.21. The number of rotatable bonds is 4. The van der Waals surface area contributed by atoms with E-state index in [0.29, 0.717) is 11.7 Å². The third-order valence-electron chi connectivity index (χ3n) is 4.14. The van der Waals surface area contributed by atoms with Crippen LogP contribution in [-0.2, 0) is 0 Å². The minimum absolute atomic E-state index is 0.106. The van der Waals surface area contributed by atoms with Crippen molar-refractivity contribution < 1.29 is 9.53 Å². The number of hydrogen-bond donors (Lipinski definition) is 1. The molecule has 0 bridgehead atoms. The molecule has 0 unspecified atom stereocenters. The van der Waals surface area contributed by atoms with Crippen LogP contribution in [0.25, 0.3) is 0 Å². The van der Waals surface area contributed by atoms with Crippen molar-refractivity contribution in [3.05, 3.63) is 47.5 Å². The van der Waals surface area contributed by atoms with Crippen LogP contribution in [0.15, 0.2) is 30.5 Å². The molecular weight excluding hydrogens is 304 g/mol. The van der Waals surface area contributed by atoms with Crippen LogP contribution in [0.4, 0.5) is 0 Å². The summed E-state index contributed by atoms with van der Waals surface area (Å²) in [6.07, 6.45) is 5.26. The maximum absolute atomic E-state index is 12.1. The zero-order valence-corrected chi connectivity index (χ0v) is 14.0. The van der Waals surface area contributed by atoms with E-state index in [9.17, 15) is 4.79 Å². The summed E-state index contributed by atoms with van der Waals surface area (Å²) in [5.74, 6) is -0.113. The average Bonchev–Trinajstić information content (AvgIpc) is 2.56. The first kappa shape index (κ1) is 16.4. The number of hydrogen-bond acceptors (Lipinski definition) is 5. The fourth-order valence-corrected chi connectivity index (χ4v) is 2.98. The van der Waals surface area contributed by atoms with Gasteiger partial charge in [0.15, 0.2) is 0 Å². The summed E-state index contributed by atoms with van der Waals surface area (Å²) in [6, 6.07) is 7.89. The lowest BCUT2D eigenvalue weighted by Gasteiger charge is -2.28. The van der Waals surface area contributed by atoms with Gasteiger partial charge < -0.3 is 10.1 Å². The fraction of sp³-hybridized carbons (Fsp3) is 0.444. The molecule has 0 spiro atoms. The van der Waals surface area contributed by atoms with E-state index in [4.69, 9.17) is 4.74 Å². The summed E-state index contributed by atoms with van der Waals surface area (Å²) in [5, 5.41) is 3.05. The summed E-state index contributed by atoms with van der Waals surface area (Å²) >= 11 is 0. The first-order valence-corrected chi connectivity index (χ1v) is 8.31. The number of aromatic nitrogens is 3. The molecule has 0 saturated heterocycles. The highest BCUT2D eigenvalue weighted by atomic mass is 16.5. The highest BCUT2D eigenvalue weighted by Gasteiger charge is 2.24. The smallest absolute Gasteiger partial charge is 0.317 e. The SMILES string of the molecule is Cc1cc(C)nc(OC2CCC(NC(=O)c3ccccn3)CC2)n1. The Hall–Kier alpha value is -2.50. The Labute approximate surface area is 141 Å². The molecule has 2 heterocycles. The maximum Gasteiger partial charge on any atom is 0.317 e. The van der Waals surface area contributed by atoms with Crippen molar-refractivity contribution in [2.24, 2.45) is 0 Å². The number of aryl methyl sites for hydroxylation is 2. The lowest BCUT2D eigenvalue weighted by molar-refractivity contribution is 0.0880. The Balaban J connectivity index is 1.50. The summed E-state index contributed by atoms with van der Waals surface area (Å²) in [5.41, 5.74) is 2.28. The van der Waals surface area contributed by atoms with E-state index < -0.39 is 0 Å². The Morgan fingerprint density at radius 3 is 2.46 bits per heavy atom. The molecule has 24 heavy (non-hydrogen) atoms. The quantitative estimate of drug-likeness (QED) is 0.934. The Kier molecular flexibility index (Phi) is 5.03. The number of ether oxygens (including phenoxy) is 1. The van der Waals surface area contributed by atoms with Crippen molar-refractivity contribution in [1.29, 1.82) is 0 Å². The molecule has 6 nitrogen and oxygen atoms in total. The van der Waals surface area contributed by atoms with Crippen molar-refractivity contribution in [2.75, 3.05) is 0 Å². The average molecular weight is 326 g/mol. The molecule has 1 N–H and O–H groups in total. The molecule has 0 aromatic carbocycles. The van der Waals surface area contributed by atoms with Crippen LogP contribution in [0, 0.1) is 13.8 Å². The topological polar surface area (TPSA) is 77.0 Å². The van der Waals surface area contributed by atoms with Crippen molar-refractivity contribution in [3.8, 4) is 6.01 Å². The summed E-state index contributed by atoms with van der Waals surface area (Å²) in [4.78, 5) is 24.9. The van der Waals surface area contributed by atoms with Crippen LogP contribution in [0.5, 0.6) is 6.01 Å². The molecule has 3 rings (SSSR count). The first-order chi connectivity index (χ1) is 11.6.